The van der Waals surface area contributed by atoms with Crippen LogP contribution in [-0.2, 0) is 11.2 Å². The van der Waals surface area contributed by atoms with Crippen molar-refractivity contribution >= 4 is 23.3 Å². The highest BCUT2D eigenvalue weighted by molar-refractivity contribution is 6.12. The fourth-order valence-electron chi connectivity index (χ4n) is 4.06. The molecule has 2 unspecified atom stereocenters. The minimum atomic E-state index is -0.102. The van der Waals surface area contributed by atoms with Gasteiger partial charge in [-0.05, 0) is 43.5 Å². The van der Waals surface area contributed by atoms with Gasteiger partial charge in [-0.15, -0.1) is 0 Å². The van der Waals surface area contributed by atoms with Gasteiger partial charge in [0.1, 0.15) is 0 Å². The summed E-state index contributed by atoms with van der Waals surface area (Å²) in [4.78, 5) is 17.4. The zero-order valence-corrected chi connectivity index (χ0v) is 15.0. The van der Waals surface area contributed by atoms with Gasteiger partial charge in [0.05, 0.1) is 23.6 Å². The van der Waals surface area contributed by atoms with Gasteiger partial charge in [-0.1, -0.05) is 26.0 Å². The highest BCUT2D eigenvalue weighted by Gasteiger charge is 2.32. The molecule has 2 aliphatic carbocycles. The van der Waals surface area contributed by atoms with Crippen LogP contribution in [0.2, 0.25) is 0 Å². The van der Waals surface area contributed by atoms with Gasteiger partial charge in [-0.2, -0.15) is 0 Å². The van der Waals surface area contributed by atoms with Gasteiger partial charge in [0.25, 0.3) is 0 Å². The molecule has 0 aromatic carbocycles. The van der Waals surface area contributed by atoms with E-state index in [1.807, 2.05) is 6.21 Å². The van der Waals surface area contributed by atoms with Crippen LogP contribution in [0.5, 0.6) is 0 Å². The molecule has 1 aromatic heterocycles. The van der Waals surface area contributed by atoms with E-state index in [1.54, 1.807) is 0 Å². The summed E-state index contributed by atoms with van der Waals surface area (Å²) in [5.41, 5.74) is 5.99. The molecule has 0 spiro atoms. The van der Waals surface area contributed by atoms with E-state index in [2.05, 4.69) is 54.2 Å². The lowest BCUT2D eigenvalue weighted by Gasteiger charge is -2.26. The van der Waals surface area contributed by atoms with E-state index in [9.17, 15) is 4.79 Å². The molecule has 0 saturated carbocycles. The summed E-state index contributed by atoms with van der Waals surface area (Å²) in [5, 5.41) is 3.23. The van der Waals surface area contributed by atoms with E-state index in [4.69, 9.17) is 4.99 Å². The quantitative estimate of drug-likeness (QED) is 0.838. The number of carbonyl (C=O) groups is 1. The number of aliphatic imine (C=N–C) groups is 1. The Morgan fingerprint density at radius 1 is 1.44 bits per heavy atom. The first kappa shape index (κ1) is 16.3. The average Bonchev–Trinajstić information content (AvgIpc) is 2.97. The van der Waals surface area contributed by atoms with Crippen molar-refractivity contribution in [3.05, 3.63) is 47.4 Å². The fraction of sp³-hybridized carbons (Fsp3) is 0.429. The number of aryl methyl sites for hydroxylation is 1. The number of hydrogen-bond donors (Lipinski definition) is 1. The zero-order chi connectivity index (χ0) is 17.4. The van der Waals surface area contributed by atoms with E-state index < -0.39 is 0 Å². The van der Waals surface area contributed by atoms with Crippen LogP contribution in [0.1, 0.15) is 37.9 Å². The molecule has 3 aliphatic rings. The van der Waals surface area contributed by atoms with Crippen molar-refractivity contribution in [3.63, 3.8) is 0 Å². The summed E-state index contributed by atoms with van der Waals surface area (Å²) in [6, 6.07) is 2.22. The molecular formula is C21H25N3O. The third-order valence-electron chi connectivity index (χ3n) is 5.42. The predicted molar refractivity (Wildman–Crippen MR) is 102 cm³/mol. The summed E-state index contributed by atoms with van der Waals surface area (Å²) in [6.07, 6.45) is 13.8. The molecule has 2 heterocycles. The number of fused-ring (bicyclic) bond motifs is 1. The molecule has 130 valence electrons. The van der Waals surface area contributed by atoms with Crippen molar-refractivity contribution in [1.82, 2.24) is 9.88 Å². The first-order chi connectivity index (χ1) is 12.2. The topological polar surface area (TPSA) is 46.4 Å². The SMILES string of the molecule is CCCNCC(=O)C1C=CC2=C(N=CC3=CCCc4ccn2c43)C1C. The van der Waals surface area contributed by atoms with Gasteiger partial charge in [0.15, 0.2) is 5.78 Å². The van der Waals surface area contributed by atoms with Crippen LogP contribution in [0.3, 0.4) is 0 Å². The third kappa shape index (κ3) is 2.74. The Balaban J connectivity index is 1.66. The Kier molecular flexibility index (Phi) is 4.30. The Morgan fingerprint density at radius 3 is 3.16 bits per heavy atom. The monoisotopic (exact) mass is 335 g/mol. The maximum absolute atomic E-state index is 12.6. The van der Waals surface area contributed by atoms with Crippen LogP contribution in [0.25, 0.3) is 11.3 Å². The summed E-state index contributed by atoms with van der Waals surface area (Å²) >= 11 is 0. The Labute approximate surface area is 149 Å². The van der Waals surface area contributed by atoms with E-state index in [0.29, 0.717) is 6.54 Å². The standard InChI is InChI=1S/C21H25N3O/c1-3-10-22-13-19(25)17-7-8-18-20(14(17)2)23-12-16-6-4-5-15-9-11-24(18)21(15)16/h6-9,11-12,14,17,22H,3-5,10,13H2,1-2H3. The number of ketones is 1. The molecule has 0 bridgehead atoms. The number of carbonyl (C=O) groups excluding carboxylic acids is 1. The molecule has 2 atom stereocenters. The smallest absolute Gasteiger partial charge is 0.154 e. The molecule has 0 saturated heterocycles. The lowest BCUT2D eigenvalue weighted by Crippen LogP contribution is -2.33. The Morgan fingerprint density at radius 2 is 2.32 bits per heavy atom. The van der Waals surface area contributed by atoms with Crippen molar-refractivity contribution in [2.45, 2.75) is 33.1 Å². The molecule has 0 radical (unpaired) electrons. The Hall–Kier alpha value is -2.20. The largest absolute Gasteiger partial charge is 0.314 e. The molecule has 25 heavy (non-hydrogen) atoms. The van der Waals surface area contributed by atoms with Gasteiger partial charge in [0, 0.05) is 29.8 Å². The van der Waals surface area contributed by atoms with Crippen LogP contribution < -0.4 is 5.32 Å². The fourth-order valence-corrected chi connectivity index (χ4v) is 4.06. The van der Waals surface area contributed by atoms with Crippen LogP contribution in [0, 0.1) is 11.8 Å². The highest BCUT2D eigenvalue weighted by atomic mass is 16.1. The molecule has 4 heteroatoms. The maximum Gasteiger partial charge on any atom is 0.154 e. The minimum Gasteiger partial charge on any atom is -0.314 e. The first-order valence-corrected chi connectivity index (χ1v) is 9.31. The average molecular weight is 335 g/mol. The normalized spacial score (nSPS) is 23.8. The number of rotatable bonds is 5. The second-order valence-electron chi connectivity index (χ2n) is 7.10. The molecule has 4 rings (SSSR count). The van der Waals surface area contributed by atoms with Crippen molar-refractivity contribution in [3.8, 4) is 0 Å². The highest BCUT2D eigenvalue weighted by Crippen LogP contribution is 2.39. The van der Waals surface area contributed by atoms with Crippen molar-refractivity contribution in [1.29, 1.82) is 0 Å². The molecule has 1 N–H and O–H groups in total. The first-order valence-electron chi connectivity index (χ1n) is 9.31. The van der Waals surface area contributed by atoms with Crippen LogP contribution in [-0.4, -0.2) is 29.7 Å². The molecule has 1 aromatic rings. The van der Waals surface area contributed by atoms with Gasteiger partial charge >= 0.3 is 0 Å². The lowest BCUT2D eigenvalue weighted by molar-refractivity contribution is -0.121. The molecule has 0 amide bonds. The van der Waals surface area contributed by atoms with Gasteiger partial charge < -0.3 is 9.88 Å². The zero-order valence-electron chi connectivity index (χ0n) is 15.0. The van der Waals surface area contributed by atoms with E-state index in [0.717, 1.165) is 37.2 Å². The van der Waals surface area contributed by atoms with E-state index in [1.165, 1.54) is 16.8 Å². The Bertz CT molecular complexity index is 822. The van der Waals surface area contributed by atoms with Gasteiger partial charge in [-0.25, -0.2) is 0 Å². The number of aromatic nitrogens is 1. The molecular weight excluding hydrogens is 310 g/mol. The second kappa shape index (κ2) is 6.60. The molecule has 1 aliphatic heterocycles. The van der Waals surface area contributed by atoms with Crippen molar-refractivity contribution in [2.75, 3.05) is 13.1 Å². The summed E-state index contributed by atoms with van der Waals surface area (Å²) < 4.78 is 2.26. The van der Waals surface area contributed by atoms with Crippen LogP contribution >= 0.6 is 0 Å². The van der Waals surface area contributed by atoms with Gasteiger partial charge in [0.2, 0.25) is 0 Å². The van der Waals surface area contributed by atoms with Crippen molar-refractivity contribution in [2.24, 2.45) is 16.8 Å². The van der Waals surface area contributed by atoms with E-state index in [-0.39, 0.29) is 17.6 Å². The summed E-state index contributed by atoms with van der Waals surface area (Å²) in [7, 11) is 0. The summed E-state index contributed by atoms with van der Waals surface area (Å²) in [6.45, 7) is 5.55. The number of nitrogens with one attached hydrogen (secondary N) is 1. The van der Waals surface area contributed by atoms with Crippen molar-refractivity contribution < 1.29 is 4.79 Å². The number of allylic oxidation sites excluding steroid dienone is 6. The number of Topliss-reactive ketones (excluding diaryl/α,β-unsaturated/α-hetero) is 1. The number of hydrogen-bond acceptors (Lipinski definition) is 3. The summed E-state index contributed by atoms with van der Waals surface area (Å²) in [5.74, 6) is 0.233. The van der Waals surface area contributed by atoms with Crippen LogP contribution in [0.15, 0.2) is 41.2 Å². The molecule has 4 nitrogen and oxygen atoms in total. The molecule has 0 fully saturated rings. The van der Waals surface area contributed by atoms with Crippen LogP contribution in [0.4, 0.5) is 0 Å². The maximum atomic E-state index is 12.6. The second-order valence-corrected chi connectivity index (χ2v) is 7.10. The lowest BCUT2D eigenvalue weighted by atomic mass is 9.83. The minimum absolute atomic E-state index is 0.0889. The van der Waals surface area contributed by atoms with Gasteiger partial charge in [-0.3, -0.25) is 9.79 Å². The van der Waals surface area contributed by atoms with E-state index >= 15 is 0 Å². The predicted octanol–water partition coefficient (Wildman–Crippen LogP) is 3.46. The number of nitrogens with zero attached hydrogens (tertiary/aromatic N) is 2. The third-order valence-corrected chi connectivity index (χ3v) is 5.42.